The number of fused-ring (bicyclic) bond motifs is 1. The minimum absolute atomic E-state index is 0.672. The molecule has 1 saturated carbocycles. The molecule has 1 aliphatic rings. The second kappa shape index (κ2) is 5.67. The van der Waals surface area contributed by atoms with Gasteiger partial charge in [0.15, 0.2) is 0 Å². The van der Waals surface area contributed by atoms with Crippen molar-refractivity contribution in [2.75, 3.05) is 7.11 Å². The van der Waals surface area contributed by atoms with Crippen molar-refractivity contribution >= 4 is 38.0 Å². The number of aromatic nitrogens is 1. The van der Waals surface area contributed by atoms with Crippen LogP contribution in [0.25, 0.3) is 21.3 Å². The second-order valence-electron chi connectivity index (χ2n) is 5.75. The van der Waals surface area contributed by atoms with Crippen molar-refractivity contribution < 1.29 is 4.74 Å². The molecule has 1 aliphatic carbocycles. The summed E-state index contributed by atoms with van der Waals surface area (Å²) in [5.74, 6) is 1.56. The lowest BCUT2D eigenvalue weighted by Gasteiger charge is -2.23. The number of hydrogen-bond acceptors (Lipinski definition) is 3. The largest absolute Gasteiger partial charge is 0.496 e. The summed E-state index contributed by atoms with van der Waals surface area (Å²) >= 11 is 5.26. The van der Waals surface area contributed by atoms with E-state index in [1.165, 1.54) is 35.7 Å². The van der Waals surface area contributed by atoms with Gasteiger partial charge in [-0.25, -0.2) is 4.98 Å². The number of halogens is 1. The zero-order chi connectivity index (χ0) is 15.1. The summed E-state index contributed by atoms with van der Waals surface area (Å²) in [5, 5.41) is 5.65. The van der Waals surface area contributed by atoms with Crippen molar-refractivity contribution in [3.05, 3.63) is 45.9 Å². The van der Waals surface area contributed by atoms with Gasteiger partial charge >= 0.3 is 0 Å². The lowest BCUT2D eigenvalue weighted by atomic mass is 9.83. The summed E-state index contributed by atoms with van der Waals surface area (Å²) in [5.41, 5.74) is 2.34. The summed E-state index contributed by atoms with van der Waals surface area (Å²) in [6.45, 7) is 0. The summed E-state index contributed by atoms with van der Waals surface area (Å²) in [6.07, 6.45) is 3.90. The van der Waals surface area contributed by atoms with Crippen LogP contribution in [0.4, 0.5) is 0 Å². The number of rotatable bonds is 3. The Morgan fingerprint density at radius 2 is 2.05 bits per heavy atom. The first-order valence-corrected chi connectivity index (χ1v) is 9.15. The van der Waals surface area contributed by atoms with E-state index in [1.54, 1.807) is 18.4 Å². The molecule has 0 spiro atoms. The number of methoxy groups -OCH3 is 1. The van der Waals surface area contributed by atoms with Crippen LogP contribution in [-0.2, 0) is 0 Å². The normalized spacial score (nSPS) is 15.0. The number of hydrogen-bond donors (Lipinski definition) is 0. The Morgan fingerprint density at radius 3 is 2.77 bits per heavy atom. The molecule has 22 heavy (non-hydrogen) atoms. The van der Waals surface area contributed by atoms with Crippen LogP contribution in [0, 0.1) is 0 Å². The first-order valence-electron chi connectivity index (χ1n) is 7.47. The van der Waals surface area contributed by atoms with E-state index in [9.17, 15) is 0 Å². The Bertz CT molecular complexity index is 838. The van der Waals surface area contributed by atoms with Crippen LogP contribution < -0.4 is 4.74 Å². The predicted molar refractivity (Wildman–Crippen MR) is 95.9 cm³/mol. The van der Waals surface area contributed by atoms with E-state index >= 15 is 0 Å². The van der Waals surface area contributed by atoms with Crippen LogP contribution in [0.15, 0.2) is 40.2 Å². The van der Waals surface area contributed by atoms with Crippen molar-refractivity contribution in [2.24, 2.45) is 0 Å². The lowest BCUT2D eigenvalue weighted by molar-refractivity contribution is 0.412. The fourth-order valence-electron chi connectivity index (χ4n) is 2.89. The van der Waals surface area contributed by atoms with Gasteiger partial charge in [-0.1, -0.05) is 28.4 Å². The molecule has 4 heteroatoms. The van der Waals surface area contributed by atoms with Crippen LogP contribution in [0.3, 0.4) is 0 Å². The molecule has 0 saturated heterocycles. The van der Waals surface area contributed by atoms with Gasteiger partial charge < -0.3 is 4.74 Å². The van der Waals surface area contributed by atoms with E-state index in [0.717, 1.165) is 20.8 Å². The first-order chi connectivity index (χ1) is 10.7. The molecule has 2 aromatic carbocycles. The Kier molecular flexibility index (Phi) is 3.66. The molecule has 2 nitrogen and oxygen atoms in total. The third-order valence-corrected chi connectivity index (χ3v) is 5.78. The van der Waals surface area contributed by atoms with E-state index in [0.29, 0.717) is 5.92 Å². The topological polar surface area (TPSA) is 22.1 Å². The number of benzene rings is 2. The van der Waals surface area contributed by atoms with Gasteiger partial charge in [-0.3, -0.25) is 0 Å². The standard InChI is InChI=1S/C18H16BrNOS/c1-21-17-9-12-5-6-14(19)7-13(12)8-15(17)18-20-16(10-22-18)11-3-2-4-11/h5-11H,2-4H2,1H3. The molecule has 0 amide bonds. The quantitative estimate of drug-likeness (QED) is 0.561. The van der Waals surface area contributed by atoms with Gasteiger partial charge in [0.1, 0.15) is 10.8 Å². The van der Waals surface area contributed by atoms with Crippen molar-refractivity contribution in [1.29, 1.82) is 0 Å². The third-order valence-electron chi connectivity index (χ3n) is 4.40. The fourth-order valence-corrected chi connectivity index (χ4v) is 4.19. The highest BCUT2D eigenvalue weighted by Crippen LogP contribution is 2.41. The van der Waals surface area contributed by atoms with E-state index in [1.807, 2.05) is 0 Å². The Morgan fingerprint density at radius 1 is 1.18 bits per heavy atom. The maximum absolute atomic E-state index is 5.60. The van der Waals surface area contributed by atoms with Gasteiger partial charge in [0.05, 0.1) is 18.4 Å². The van der Waals surface area contributed by atoms with Gasteiger partial charge in [0, 0.05) is 15.8 Å². The monoisotopic (exact) mass is 373 g/mol. The molecule has 1 aromatic heterocycles. The molecule has 0 unspecified atom stereocenters. The number of ether oxygens (including phenoxy) is 1. The molecular formula is C18H16BrNOS. The highest BCUT2D eigenvalue weighted by atomic mass is 79.9. The van der Waals surface area contributed by atoms with Crippen molar-refractivity contribution in [2.45, 2.75) is 25.2 Å². The Labute approximate surface area is 142 Å². The van der Waals surface area contributed by atoms with Crippen molar-refractivity contribution in [3.8, 4) is 16.3 Å². The van der Waals surface area contributed by atoms with E-state index < -0.39 is 0 Å². The predicted octanol–water partition coefficient (Wildman–Crippen LogP) is 6.00. The second-order valence-corrected chi connectivity index (χ2v) is 7.52. The van der Waals surface area contributed by atoms with Gasteiger partial charge in [-0.2, -0.15) is 0 Å². The van der Waals surface area contributed by atoms with Crippen LogP contribution >= 0.6 is 27.3 Å². The molecule has 1 heterocycles. The van der Waals surface area contributed by atoms with E-state index in [2.05, 4.69) is 51.6 Å². The van der Waals surface area contributed by atoms with E-state index in [-0.39, 0.29) is 0 Å². The highest BCUT2D eigenvalue weighted by molar-refractivity contribution is 9.10. The van der Waals surface area contributed by atoms with E-state index in [4.69, 9.17) is 9.72 Å². The SMILES string of the molecule is COc1cc2ccc(Br)cc2cc1-c1nc(C2CCC2)cs1. The zero-order valence-electron chi connectivity index (χ0n) is 12.3. The van der Waals surface area contributed by atoms with Crippen molar-refractivity contribution in [1.82, 2.24) is 4.98 Å². The highest BCUT2D eigenvalue weighted by Gasteiger charge is 2.23. The molecule has 0 aliphatic heterocycles. The average molecular weight is 374 g/mol. The summed E-state index contributed by atoms with van der Waals surface area (Å²) in [7, 11) is 1.73. The maximum Gasteiger partial charge on any atom is 0.129 e. The first kappa shape index (κ1) is 14.2. The maximum atomic E-state index is 5.60. The van der Waals surface area contributed by atoms with Crippen LogP contribution in [0.5, 0.6) is 5.75 Å². The number of thiazole rings is 1. The van der Waals surface area contributed by atoms with Gasteiger partial charge in [0.25, 0.3) is 0 Å². The molecule has 4 rings (SSSR count). The Hall–Kier alpha value is -1.39. The van der Waals surface area contributed by atoms with Gasteiger partial charge in [-0.15, -0.1) is 11.3 Å². The molecule has 0 radical (unpaired) electrons. The third kappa shape index (κ3) is 2.44. The minimum Gasteiger partial charge on any atom is -0.496 e. The number of nitrogens with zero attached hydrogens (tertiary/aromatic N) is 1. The molecule has 112 valence electrons. The molecule has 1 fully saturated rings. The zero-order valence-corrected chi connectivity index (χ0v) is 14.7. The van der Waals surface area contributed by atoms with Crippen LogP contribution in [-0.4, -0.2) is 12.1 Å². The molecule has 0 N–H and O–H groups in total. The summed E-state index contributed by atoms with van der Waals surface area (Å²) in [4.78, 5) is 4.87. The fraction of sp³-hybridized carbons (Fsp3) is 0.278. The average Bonchev–Trinajstić information content (AvgIpc) is 2.93. The smallest absolute Gasteiger partial charge is 0.129 e. The Balaban J connectivity index is 1.83. The molecule has 0 bridgehead atoms. The van der Waals surface area contributed by atoms with Crippen LogP contribution in [0.1, 0.15) is 30.9 Å². The van der Waals surface area contributed by atoms with Gasteiger partial charge in [0.2, 0.25) is 0 Å². The molecular weight excluding hydrogens is 358 g/mol. The molecule has 0 atom stereocenters. The lowest BCUT2D eigenvalue weighted by Crippen LogP contribution is -2.08. The summed E-state index contributed by atoms with van der Waals surface area (Å²) in [6, 6.07) is 10.6. The minimum atomic E-state index is 0.672. The molecule has 3 aromatic rings. The van der Waals surface area contributed by atoms with Gasteiger partial charge in [-0.05, 0) is 47.9 Å². The van der Waals surface area contributed by atoms with Crippen molar-refractivity contribution in [3.63, 3.8) is 0 Å². The van der Waals surface area contributed by atoms with Crippen LogP contribution in [0.2, 0.25) is 0 Å². The summed E-state index contributed by atoms with van der Waals surface area (Å²) < 4.78 is 6.69.